The monoisotopic (exact) mass is 340 g/mol. The van der Waals surface area contributed by atoms with Gasteiger partial charge in [0.25, 0.3) is 0 Å². The summed E-state index contributed by atoms with van der Waals surface area (Å²) in [7, 11) is -3.74. The predicted octanol–water partition coefficient (Wildman–Crippen LogP) is 1.81. The van der Waals surface area contributed by atoms with E-state index in [1.165, 1.54) is 12.1 Å². The summed E-state index contributed by atoms with van der Waals surface area (Å²) in [6.45, 7) is 3.93. The third-order valence-corrected chi connectivity index (χ3v) is 5.43. The van der Waals surface area contributed by atoms with Crippen LogP contribution in [0.5, 0.6) is 5.75 Å². The Bertz CT molecular complexity index is 622. The van der Waals surface area contributed by atoms with Crippen LogP contribution in [0.15, 0.2) is 29.2 Å². The first kappa shape index (κ1) is 17.7. The van der Waals surface area contributed by atoms with Crippen LogP contribution >= 0.6 is 0 Å². The van der Waals surface area contributed by atoms with Gasteiger partial charge in [0.1, 0.15) is 5.75 Å². The highest BCUT2D eigenvalue weighted by Crippen LogP contribution is 2.18. The van der Waals surface area contributed by atoms with Crippen LogP contribution in [-0.2, 0) is 14.8 Å². The maximum absolute atomic E-state index is 12.3. The minimum atomic E-state index is -3.74. The van der Waals surface area contributed by atoms with Crippen molar-refractivity contribution >= 4 is 15.9 Å². The maximum atomic E-state index is 12.3. The molecule has 2 N–H and O–H groups in total. The molecule has 0 radical (unpaired) electrons. The molecule has 0 spiro atoms. The van der Waals surface area contributed by atoms with Gasteiger partial charge in [0.2, 0.25) is 15.9 Å². The Morgan fingerprint density at radius 1 is 1.26 bits per heavy atom. The summed E-state index contributed by atoms with van der Waals surface area (Å²) in [5.74, 6) is 0.324. The van der Waals surface area contributed by atoms with Crippen LogP contribution in [0.4, 0.5) is 0 Å². The van der Waals surface area contributed by atoms with E-state index in [4.69, 9.17) is 4.74 Å². The number of amides is 1. The summed E-state index contributed by atoms with van der Waals surface area (Å²) in [6.07, 6.45) is 4.14. The largest absolute Gasteiger partial charge is 0.494 e. The van der Waals surface area contributed by atoms with Crippen molar-refractivity contribution < 1.29 is 17.9 Å². The van der Waals surface area contributed by atoms with Gasteiger partial charge in [-0.1, -0.05) is 12.8 Å². The molecule has 1 aromatic rings. The average molecular weight is 340 g/mol. The van der Waals surface area contributed by atoms with Gasteiger partial charge < -0.3 is 10.1 Å². The molecule has 128 valence electrons. The molecule has 1 atom stereocenters. The quantitative estimate of drug-likeness (QED) is 0.793. The summed E-state index contributed by atoms with van der Waals surface area (Å²) in [5.41, 5.74) is 0. The van der Waals surface area contributed by atoms with Crippen LogP contribution in [-0.4, -0.2) is 33.0 Å². The molecule has 1 aliphatic rings. The Labute approximate surface area is 137 Å². The number of sulfonamides is 1. The molecule has 7 heteroatoms. The second-order valence-electron chi connectivity index (χ2n) is 5.74. The van der Waals surface area contributed by atoms with Crippen LogP contribution in [0.2, 0.25) is 0 Å². The maximum Gasteiger partial charge on any atom is 0.241 e. The van der Waals surface area contributed by atoms with E-state index in [1.807, 2.05) is 6.92 Å². The van der Waals surface area contributed by atoms with Gasteiger partial charge in [-0.25, -0.2) is 8.42 Å². The fraction of sp³-hybridized carbons (Fsp3) is 0.562. The van der Waals surface area contributed by atoms with Gasteiger partial charge in [-0.2, -0.15) is 4.72 Å². The van der Waals surface area contributed by atoms with E-state index in [0.717, 1.165) is 25.7 Å². The number of rotatable bonds is 7. The first-order valence-corrected chi connectivity index (χ1v) is 9.46. The summed E-state index contributed by atoms with van der Waals surface area (Å²) in [6, 6.07) is 5.49. The zero-order chi connectivity index (χ0) is 16.9. The first-order valence-electron chi connectivity index (χ1n) is 7.98. The third kappa shape index (κ3) is 4.94. The third-order valence-electron chi connectivity index (χ3n) is 3.87. The standard InChI is InChI=1S/C16H24N2O4S/c1-3-22-14-8-10-15(11-9-14)23(20,21)18-12(2)16(19)17-13-6-4-5-7-13/h8-13,18H,3-7H2,1-2H3,(H,17,19). The highest BCUT2D eigenvalue weighted by atomic mass is 32.2. The van der Waals surface area contributed by atoms with Gasteiger partial charge in [0.05, 0.1) is 17.5 Å². The minimum Gasteiger partial charge on any atom is -0.494 e. The zero-order valence-corrected chi connectivity index (χ0v) is 14.4. The minimum absolute atomic E-state index is 0.112. The van der Waals surface area contributed by atoms with E-state index in [0.29, 0.717) is 12.4 Å². The summed E-state index contributed by atoms with van der Waals surface area (Å²) >= 11 is 0. The lowest BCUT2D eigenvalue weighted by Crippen LogP contribution is -2.47. The molecule has 1 saturated carbocycles. The lowest BCUT2D eigenvalue weighted by Gasteiger charge is -2.18. The van der Waals surface area contributed by atoms with Crippen LogP contribution in [0.3, 0.4) is 0 Å². The Balaban J connectivity index is 1.97. The molecular formula is C16H24N2O4S. The number of hydrogen-bond acceptors (Lipinski definition) is 4. The number of carbonyl (C=O) groups is 1. The van der Waals surface area contributed by atoms with Crippen molar-refractivity contribution in [3.63, 3.8) is 0 Å². The van der Waals surface area contributed by atoms with E-state index < -0.39 is 16.1 Å². The summed E-state index contributed by atoms with van der Waals surface area (Å²) in [5, 5.41) is 2.89. The molecule has 2 rings (SSSR count). The Hall–Kier alpha value is -1.60. The topological polar surface area (TPSA) is 84.5 Å². The van der Waals surface area contributed by atoms with Crippen LogP contribution < -0.4 is 14.8 Å². The van der Waals surface area contributed by atoms with Gasteiger partial charge >= 0.3 is 0 Å². The predicted molar refractivity (Wildman–Crippen MR) is 87.8 cm³/mol. The van der Waals surface area contributed by atoms with Gasteiger partial charge in [-0.15, -0.1) is 0 Å². The molecule has 0 saturated heterocycles. The molecule has 1 aromatic carbocycles. The van der Waals surface area contributed by atoms with E-state index in [9.17, 15) is 13.2 Å². The van der Waals surface area contributed by atoms with Gasteiger partial charge in [0, 0.05) is 6.04 Å². The Kier molecular flexibility index (Phi) is 6.01. The zero-order valence-electron chi connectivity index (χ0n) is 13.5. The molecule has 1 fully saturated rings. The molecule has 0 aliphatic heterocycles. The molecule has 1 amide bonds. The first-order chi connectivity index (χ1) is 10.9. The van der Waals surface area contributed by atoms with E-state index in [-0.39, 0.29) is 16.8 Å². The van der Waals surface area contributed by atoms with Crippen molar-refractivity contribution in [2.24, 2.45) is 0 Å². The number of benzene rings is 1. The average Bonchev–Trinajstić information content (AvgIpc) is 3.00. The second kappa shape index (κ2) is 7.79. The lowest BCUT2D eigenvalue weighted by atomic mass is 10.2. The Morgan fingerprint density at radius 2 is 1.87 bits per heavy atom. The molecule has 6 nitrogen and oxygen atoms in total. The highest BCUT2D eigenvalue weighted by molar-refractivity contribution is 7.89. The Morgan fingerprint density at radius 3 is 2.43 bits per heavy atom. The van der Waals surface area contributed by atoms with Gasteiger partial charge in [0.15, 0.2) is 0 Å². The van der Waals surface area contributed by atoms with Crippen molar-refractivity contribution in [1.82, 2.24) is 10.0 Å². The summed E-state index contributed by atoms with van der Waals surface area (Å²) in [4.78, 5) is 12.2. The molecule has 1 aliphatic carbocycles. The van der Waals surface area contributed by atoms with Crippen molar-refractivity contribution in [1.29, 1.82) is 0 Å². The molecular weight excluding hydrogens is 316 g/mol. The summed E-state index contributed by atoms with van der Waals surface area (Å²) < 4.78 is 32.3. The van der Waals surface area contributed by atoms with E-state index in [1.54, 1.807) is 19.1 Å². The van der Waals surface area contributed by atoms with Gasteiger partial charge in [-0.3, -0.25) is 4.79 Å². The van der Waals surface area contributed by atoms with Crippen molar-refractivity contribution in [2.45, 2.75) is 56.5 Å². The number of carbonyl (C=O) groups excluding carboxylic acids is 1. The van der Waals surface area contributed by atoms with Crippen LogP contribution in [0.1, 0.15) is 39.5 Å². The fourth-order valence-electron chi connectivity index (χ4n) is 2.63. The second-order valence-corrected chi connectivity index (χ2v) is 7.45. The SMILES string of the molecule is CCOc1ccc(S(=O)(=O)NC(C)C(=O)NC2CCCC2)cc1. The molecule has 0 bridgehead atoms. The van der Waals surface area contributed by atoms with Crippen molar-refractivity contribution in [2.75, 3.05) is 6.61 Å². The van der Waals surface area contributed by atoms with Crippen molar-refractivity contribution in [3.05, 3.63) is 24.3 Å². The van der Waals surface area contributed by atoms with E-state index in [2.05, 4.69) is 10.0 Å². The van der Waals surface area contributed by atoms with E-state index >= 15 is 0 Å². The number of ether oxygens (including phenoxy) is 1. The fourth-order valence-corrected chi connectivity index (χ4v) is 3.84. The molecule has 0 heterocycles. The number of hydrogen-bond donors (Lipinski definition) is 2. The molecule has 1 unspecified atom stereocenters. The van der Waals surface area contributed by atoms with Crippen molar-refractivity contribution in [3.8, 4) is 5.75 Å². The lowest BCUT2D eigenvalue weighted by molar-refractivity contribution is -0.123. The molecule has 23 heavy (non-hydrogen) atoms. The number of nitrogens with one attached hydrogen (secondary N) is 2. The highest BCUT2D eigenvalue weighted by Gasteiger charge is 2.25. The van der Waals surface area contributed by atoms with Gasteiger partial charge in [-0.05, 0) is 51.0 Å². The van der Waals surface area contributed by atoms with Crippen LogP contribution in [0.25, 0.3) is 0 Å². The van der Waals surface area contributed by atoms with Crippen LogP contribution in [0, 0.1) is 0 Å². The normalized spacial score (nSPS) is 17.0. The smallest absolute Gasteiger partial charge is 0.241 e. The molecule has 0 aromatic heterocycles.